The Kier molecular flexibility index (Phi) is 42.7. The van der Waals surface area contributed by atoms with Crippen molar-refractivity contribution in [3.8, 4) is 0 Å². The molecular weight excluding hydrogens is 803 g/mol. The predicted molar refractivity (Wildman–Crippen MR) is 267 cm³/mol. The second kappa shape index (κ2) is 45.2. The van der Waals surface area contributed by atoms with Crippen molar-refractivity contribution < 1.29 is 39.8 Å². The summed E-state index contributed by atoms with van der Waals surface area (Å²) >= 11 is 0. The van der Waals surface area contributed by atoms with Gasteiger partial charge in [-0.15, -0.1) is 0 Å². The number of rotatable bonds is 46. The second-order valence-electron chi connectivity index (χ2n) is 19.0. The third-order valence-corrected chi connectivity index (χ3v) is 12.9. The fourth-order valence-electron chi connectivity index (χ4n) is 8.58. The molecule has 0 bridgehead atoms. The molecule has 7 unspecified atom stereocenters. The molecule has 0 spiro atoms. The molecule has 1 saturated heterocycles. The van der Waals surface area contributed by atoms with E-state index in [1.54, 1.807) is 6.08 Å². The maximum absolute atomic E-state index is 13.0. The van der Waals surface area contributed by atoms with Gasteiger partial charge in [-0.2, -0.15) is 0 Å². The maximum Gasteiger partial charge on any atom is 0.220 e. The predicted octanol–water partition coefficient (Wildman–Crippen LogP) is 12.8. The lowest BCUT2D eigenvalue weighted by Crippen LogP contribution is -2.60. The summed E-state index contributed by atoms with van der Waals surface area (Å²) in [5.41, 5.74) is 0. The molecule has 1 rings (SSSR count). The second-order valence-corrected chi connectivity index (χ2v) is 19.0. The first kappa shape index (κ1) is 60.4. The van der Waals surface area contributed by atoms with Gasteiger partial charge in [-0.1, -0.05) is 224 Å². The molecule has 0 aromatic heterocycles. The number of aliphatic hydroxyl groups is 5. The van der Waals surface area contributed by atoms with E-state index in [1.807, 2.05) is 6.08 Å². The van der Waals surface area contributed by atoms with E-state index in [4.69, 9.17) is 9.47 Å². The van der Waals surface area contributed by atoms with Gasteiger partial charge in [0.25, 0.3) is 0 Å². The standard InChI is InChI=1S/C55H103NO8/c1-3-5-7-9-11-13-15-17-19-21-23-24-25-26-27-28-30-32-34-36-38-40-42-44-49(58)48(47-63-55-54(62)53(61)52(60)50(46-57)64-55)56-51(59)45-43-41-39-37-35-33-31-29-22-20-18-16-14-12-10-8-6-4-2/h20,22,34,36,42,44,48-50,52-55,57-58,60-62H,3-19,21,23-33,35,37-41,43,45-47H2,1-2H3,(H,56,59)/b22-20-,36-34+,44-42+. The molecule has 0 radical (unpaired) electrons. The van der Waals surface area contributed by atoms with Crippen LogP contribution >= 0.6 is 0 Å². The van der Waals surface area contributed by atoms with Crippen LogP contribution in [-0.2, 0) is 14.3 Å². The van der Waals surface area contributed by atoms with Crippen molar-refractivity contribution >= 4 is 5.91 Å². The summed E-state index contributed by atoms with van der Waals surface area (Å²) in [5, 5.41) is 54.4. The first-order valence-corrected chi connectivity index (χ1v) is 27.2. The van der Waals surface area contributed by atoms with Crippen LogP contribution in [0, 0.1) is 0 Å². The van der Waals surface area contributed by atoms with Gasteiger partial charge in [-0.3, -0.25) is 4.79 Å². The van der Waals surface area contributed by atoms with Gasteiger partial charge in [0.1, 0.15) is 24.4 Å². The number of allylic oxidation sites excluding steroid dienone is 5. The minimum Gasteiger partial charge on any atom is -0.394 e. The van der Waals surface area contributed by atoms with Crippen molar-refractivity contribution in [1.29, 1.82) is 0 Å². The summed E-state index contributed by atoms with van der Waals surface area (Å²) in [6, 6.07) is -0.823. The Labute approximate surface area is 393 Å². The number of nitrogens with one attached hydrogen (secondary N) is 1. The van der Waals surface area contributed by atoms with Crippen molar-refractivity contribution in [3.63, 3.8) is 0 Å². The van der Waals surface area contributed by atoms with E-state index in [9.17, 15) is 30.3 Å². The van der Waals surface area contributed by atoms with Crippen LogP contribution in [-0.4, -0.2) is 87.5 Å². The van der Waals surface area contributed by atoms with Crippen LogP contribution in [0.2, 0.25) is 0 Å². The van der Waals surface area contributed by atoms with Crippen LogP contribution in [0.25, 0.3) is 0 Å². The van der Waals surface area contributed by atoms with E-state index in [1.165, 1.54) is 180 Å². The van der Waals surface area contributed by atoms with E-state index in [2.05, 4.69) is 43.5 Å². The molecular formula is C55H103NO8. The number of carbonyl (C=O) groups is 1. The molecule has 1 aliphatic rings. The minimum absolute atomic E-state index is 0.189. The molecule has 9 heteroatoms. The molecule has 376 valence electrons. The Morgan fingerprint density at radius 1 is 0.516 bits per heavy atom. The highest BCUT2D eigenvalue weighted by molar-refractivity contribution is 5.76. The molecule has 0 aromatic carbocycles. The van der Waals surface area contributed by atoms with Crippen LogP contribution in [0.15, 0.2) is 36.5 Å². The molecule has 64 heavy (non-hydrogen) atoms. The quantitative estimate of drug-likeness (QED) is 0.0261. The fourth-order valence-corrected chi connectivity index (χ4v) is 8.58. The maximum atomic E-state index is 13.0. The van der Waals surface area contributed by atoms with Crippen LogP contribution in [0.4, 0.5) is 0 Å². The number of amides is 1. The average molecular weight is 906 g/mol. The van der Waals surface area contributed by atoms with Crippen LogP contribution in [0.3, 0.4) is 0 Å². The lowest BCUT2D eigenvalue weighted by Gasteiger charge is -2.40. The number of ether oxygens (including phenoxy) is 2. The van der Waals surface area contributed by atoms with Gasteiger partial charge >= 0.3 is 0 Å². The van der Waals surface area contributed by atoms with E-state index in [0.29, 0.717) is 6.42 Å². The van der Waals surface area contributed by atoms with Gasteiger partial charge in [-0.25, -0.2) is 0 Å². The first-order valence-electron chi connectivity index (χ1n) is 27.2. The van der Waals surface area contributed by atoms with E-state index in [0.717, 1.165) is 51.4 Å². The summed E-state index contributed by atoms with van der Waals surface area (Å²) in [7, 11) is 0. The Morgan fingerprint density at radius 3 is 1.31 bits per heavy atom. The molecule has 1 amide bonds. The Balaban J connectivity index is 2.29. The summed E-state index contributed by atoms with van der Waals surface area (Å²) in [4.78, 5) is 13.0. The van der Waals surface area contributed by atoms with Crippen LogP contribution in [0.1, 0.15) is 251 Å². The Bertz CT molecular complexity index is 1100. The van der Waals surface area contributed by atoms with Gasteiger partial charge < -0.3 is 40.3 Å². The van der Waals surface area contributed by atoms with Crippen LogP contribution in [0.5, 0.6) is 0 Å². The summed E-state index contributed by atoms with van der Waals surface area (Å²) in [5.74, 6) is -0.189. The summed E-state index contributed by atoms with van der Waals surface area (Å²) in [6.45, 7) is 3.78. The number of hydrogen-bond acceptors (Lipinski definition) is 8. The van der Waals surface area contributed by atoms with Gasteiger partial charge in [0.2, 0.25) is 5.91 Å². The SMILES string of the molecule is CCCCCCCCC/C=C\CCCCCCCCCC(=O)NC(COC1OC(CO)C(O)C(O)C1O)C(O)/C=C/CC/C=C/CCCCCCCCCCCCCCCCCCC. The number of unbranched alkanes of at least 4 members (excludes halogenated alkanes) is 32. The molecule has 6 N–H and O–H groups in total. The molecule has 9 nitrogen and oxygen atoms in total. The highest BCUT2D eigenvalue weighted by atomic mass is 16.7. The first-order chi connectivity index (χ1) is 31.3. The highest BCUT2D eigenvalue weighted by Gasteiger charge is 2.44. The third kappa shape index (κ3) is 34.7. The molecule has 0 aliphatic carbocycles. The van der Waals surface area contributed by atoms with Crippen molar-refractivity contribution in [1.82, 2.24) is 5.32 Å². The zero-order valence-electron chi connectivity index (χ0n) is 41.5. The fraction of sp³-hybridized carbons (Fsp3) is 0.873. The average Bonchev–Trinajstić information content (AvgIpc) is 3.29. The lowest BCUT2D eigenvalue weighted by molar-refractivity contribution is -0.302. The monoisotopic (exact) mass is 906 g/mol. The van der Waals surface area contributed by atoms with Gasteiger partial charge in [0, 0.05) is 6.42 Å². The van der Waals surface area contributed by atoms with E-state index >= 15 is 0 Å². The molecule has 1 fully saturated rings. The Hall–Kier alpha value is -1.59. The largest absolute Gasteiger partial charge is 0.394 e. The molecule has 0 saturated carbocycles. The normalized spacial score (nSPS) is 20.3. The zero-order chi connectivity index (χ0) is 46.6. The van der Waals surface area contributed by atoms with Crippen LogP contribution < -0.4 is 5.32 Å². The lowest BCUT2D eigenvalue weighted by atomic mass is 9.99. The molecule has 1 aliphatic heterocycles. The zero-order valence-corrected chi connectivity index (χ0v) is 41.5. The van der Waals surface area contributed by atoms with E-state index < -0.39 is 49.5 Å². The topological polar surface area (TPSA) is 149 Å². The molecule has 1 heterocycles. The summed E-state index contributed by atoms with van der Waals surface area (Å²) in [6.07, 6.45) is 50.6. The van der Waals surface area contributed by atoms with E-state index in [-0.39, 0.29) is 12.5 Å². The van der Waals surface area contributed by atoms with Gasteiger partial charge in [0.15, 0.2) is 6.29 Å². The van der Waals surface area contributed by atoms with Crippen molar-refractivity contribution in [2.75, 3.05) is 13.2 Å². The summed E-state index contributed by atoms with van der Waals surface area (Å²) < 4.78 is 11.2. The number of hydrogen-bond donors (Lipinski definition) is 6. The Morgan fingerprint density at radius 2 is 0.891 bits per heavy atom. The molecule has 0 aromatic rings. The number of aliphatic hydroxyl groups excluding tert-OH is 5. The van der Waals surface area contributed by atoms with Crippen molar-refractivity contribution in [3.05, 3.63) is 36.5 Å². The van der Waals surface area contributed by atoms with Crippen molar-refractivity contribution in [2.45, 2.75) is 294 Å². The highest BCUT2D eigenvalue weighted by Crippen LogP contribution is 2.23. The van der Waals surface area contributed by atoms with Gasteiger partial charge in [-0.05, 0) is 57.8 Å². The number of carbonyl (C=O) groups excluding carboxylic acids is 1. The third-order valence-electron chi connectivity index (χ3n) is 12.9. The molecule has 7 atom stereocenters. The van der Waals surface area contributed by atoms with Crippen molar-refractivity contribution in [2.24, 2.45) is 0 Å². The van der Waals surface area contributed by atoms with Gasteiger partial charge in [0.05, 0.1) is 25.4 Å². The smallest absolute Gasteiger partial charge is 0.220 e. The minimum atomic E-state index is -1.57.